The maximum Gasteiger partial charge on any atom is 0.419 e. The number of alkyl halides is 5. The third-order valence-electron chi connectivity index (χ3n) is 1.97. The van der Waals surface area contributed by atoms with Gasteiger partial charge in [-0.05, 0) is 19.1 Å². The molecule has 0 fully saturated rings. The molecule has 0 saturated carbocycles. The minimum Gasteiger partial charge on any atom is -0.432 e. The van der Waals surface area contributed by atoms with Crippen LogP contribution in [-0.2, 0) is 6.18 Å². The van der Waals surface area contributed by atoms with E-state index in [2.05, 4.69) is 4.74 Å². The Morgan fingerprint density at radius 3 is 2.22 bits per heavy atom. The molecule has 1 aromatic rings. The molecule has 0 spiro atoms. The van der Waals surface area contributed by atoms with Gasteiger partial charge in [0.25, 0.3) is 0 Å². The molecule has 0 N–H and O–H groups in total. The predicted octanol–water partition coefficient (Wildman–Crippen LogP) is 3.65. The van der Waals surface area contributed by atoms with Gasteiger partial charge >= 0.3 is 12.8 Å². The zero-order valence-electron chi connectivity index (χ0n) is 8.82. The monoisotopic (exact) mass is 272 g/mol. The third kappa shape index (κ3) is 3.14. The van der Waals surface area contributed by atoms with Gasteiger partial charge in [-0.25, -0.2) is 4.39 Å². The molecule has 1 rings (SSSR count). The summed E-state index contributed by atoms with van der Waals surface area (Å²) >= 11 is 0. The van der Waals surface area contributed by atoms with Crippen LogP contribution in [0.4, 0.5) is 26.3 Å². The Morgan fingerprint density at radius 2 is 1.83 bits per heavy atom. The molecule has 0 unspecified atom stereocenters. The molecule has 0 bridgehead atoms. The average molecular weight is 272 g/mol. The Hall–Kier alpha value is -1.73. The summed E-state index contributed by atoms with van der Waals surface area (Å²) in [6.07, 6.45) is -5.12. The number of carbonyl (C=O) groups excluding carboxylic acids is 1. The van der Waals surface area contributed by atoms with Crippen LogP contribution in [0.15, 0.2) is 12.1 Å². The Balaban J connectivity index is 3.43. The van der Waals surface area contributed by atoms with E-state index in [1.54, 1.807) is 0 Å². The number of ketones is 1. The van der Waals surface area contributed by atoms with Gasteiger partial charge in [0.1, 0.15) is 0 Å². The summed E-state index contributed by atoms with van der Waals surface area (Å²) in [4.78, 5) is 10.9. The van der Waals surface area contributed by atoms with Crippen LogP contribution in [0, 0.1) is 5.82 Å². The predicted molar refractivity (Wildman–Crippen MR) is 48.0 cm³/mol. The summed E-state index contributed by atoms with van der Waals surface area (Å²) in [6, 6.07) is 0.745. The van der Waals surface area contributed by atoms with Gasteiger partial charge in [-0.3, -0.25) is 4.79 Å². The van der Waals surface area contributed by atoms with E-state index in [1.807, 2.05) is 0 Å². The molecule has 0 aliphatic carbocycles. The van der Waals surface area contributed by atoms with E-state index in [4.69, 9.17) is 0 Å². The van der Waals surface area contributed by atoms with Crippen LogP contribution in [0.2, 0.25) is 0 Å². The molecule has 8 heteroatoms. The van der Waals surface area contributed by atoms with Crippen molar-refractivity contribution in [3.8, 4) is 5.75 Å². The van der Waals surface area contributed by atoms with E-state index in [9.17, 15) is 31.1 Å². The summed E-state index contributed by atoms with van der Waals surface area (Å²) in [5, 5.41) is 0. The van der Waals surface area contributed by atoms with Gasteiger partial charge in [0.05, 0.1) is 5.56 Å². The van der Waals surface area contributed by atoms with Gasteiger partial charge in [-0.1, -0.05) is 0 Å². The molecule has 0 atom stereocenters. The highest BCUT2D eigenvalue weighted by atomic mass is 19.4. The lowest BCUT2D eigenvalue weighted by Gasteiger charge is -2.13. The third-order valence-corrected chi connectivity index (χ3v) is 1.97. The van der Waals surface area contributed by atoms with Gasteiger partial charge in [0.2, 0.25) is 0 Å². The van der Waals surface area contributed by atoms with Crippen LogP contribution in [0.1, 0.15) is 22.8 Å². The number of halogens is 6. The molecule has 1 aromatic carbocycles. The van der Waals surface area contributed by atoms with E-state index >= 15 is 0 Å². The SMILES string of the molecule is CC(=O)c1cc(OC(F)F)c(F)c(C(F)(F)F)c1. The second kappa shape index (κ2) is 4.87. The van der Waals surface area contributed by atoms with Crippen molar-refractivity contribution in [3.63, 3.8) is 0 Å². The van der Waals surface area contributed by atoms with E-state index in [0.717, 1.165) is 6.92 Å². The molecule has 0 aromatic heterocycles. The number of Topliss-reactive ketones (excluding diaryl/α,β-unsaturated/α-hetero) is 1. The number of hydrogen-bond acceptors (Lipinski definition) is 2. The lowest BCUT2D eigenvalue weighted by molar-refractivity contribution is -0.140. The smallest absolute Gasteiger partial charge is 0.419 e. The number of rotatable bonds is 3. The second-order valence-corrected chi connectivity index (χ2v) is 3.27. The largest absolute Gasteiger partial charge is 0.432 e. The Bertz CT molecular complexity index is 466. The van der Waals surface area contributed by atoms with Crippen LogP contribution >= 0.6 is 0 Å². The number of carbonyl (C=O) groups is 1. The fraction of sp³-hybridized carbons (Fsp3) is 0.300. The molecular weight excluding hydrogens is 266 g/mol. The summed E-state index contributed by atoms with van der Waals surface area (Å²) in [7, 11) is 0. The standard InChI is InChI=1S/C10H6F6O2/c1-4(17)5-2-6(10(14,15)16)8(11)7(3-5)18-9(12)13/h2-3,9H,1H3. The summed E-state index contributed by atoms with van der Waals surface area (Å²) in [6.45, 7) is -2.58. The van der Waals surface area contributed by atoms with Gasteiger partial charge < -0.3 is 4.74 Å². The summed E-state index contributed by atoms with van der Waals surface area (Å²) in [5.41, 5.74) is -2.40. The van der Waals surface area contributed by atoms with Crippen molar-refractivity contribution < 1.29 is 35.9 Å². The molecule has 0 saturated heterocycles. The summed E-state index contributed by atoms with van der Waals surface area (Å²) < 4.78 is 78.0. The van der Waals surface area contributed by atoms with Crippen LogP contribution in [-0.4, -0.2) is 12.4 Å². The first-order chi connectivity index (χ1) is 8.12. The molecule has 18 heavy (non-hydrogen) atoms. The topological polar surface area (TPSA) is 26.3 Å². The number of ether oxygens (including phenoxy) is 1. The van der Waals surface area contributed by atoms with Crippen LogP contribution in [0.25, 0.3) is 0 Å². The maximum absolute atomic E-state index is 13.3. The zero-order valence-corrected chi connectivity index (χ0v) is 8.82. The van der Waals surface area contributed by atoms with Crippen molar-refractivity contribution in [1.82, 2.24) is 0 Å². The fourth-order valence-corrected chi connectivity index (χ4v) is 1.19. The molecule has 0 aliphatic rings. The molecule has 0 amide bonds. The van der Waals surface area contributed by atoms with Gasteiger partial charge in [-0.15, -0.1) is 0 Å². The molecule has 0 aliphatic heterocycles. The van der Waals surface area contributed by atoms with Crippen molar-refractivity contribution in [2.75, 3.05) is 0 Å². The fourth-order valence-electron chi connectivity index (χ4n) is 1.19. The van der Waals surface area contributed by atoms with E-state index in [1.165, 1.54) is 0 Å². The minimum absolute atomic E-state index is 0.246. The maximum atomic E-state index is 13.3. The highest BCUT2D eigenvalue weighted by Crippen LogP contribution is 2.36. The summed E-state index contributed by atoms with van der Waals surface area (Å²) in [5.74, 6) is -4.13. The lowest BCUT2D eigenvalue weighted by Crippen LogP contribution is -2.13. The highest BCUT2D eigenvalue weighted by molar-refractivity contribution is 5.94. The second-order valence-electron chi connectivity index (χ2n) is 3.27. The van der Waals surface area contributed by atoms with Crippen molar-refractivity contribution in [1.29, 1.82) is 0 Å². The van der Waals surface area contributed by atoms with Crippen LogP contribution in [0.3, 0.4) is 0 Å². The molecular formula is C10H6F6O2. The molecule has 100 valence electrons. The average Bonchev–Trinajstić information content (AvgIpc) is 2.18. The zero-order chi connectivity index (χ0) is 14.1. The number of benzene rings is 1. The van der Waals surface area contributed by atoms with Crippen LogP contribution in [0.5, 0.6) is 5.75 Å². The first-order valence-electron chi connectivity index (χ1n) is 4.49. The lowest BCUT2D eigenvalue weighted by atomic mass is 10.1. The Morgan fingerprint density at radius 1 is 1.28 bits per heavy atom. The van der Waals surface area contributed by atoms with Gasteiger partial charge in [0.15, 0.2) is 17.3 Å². The van der Waals surface area contributed by atoms with E-state index in [-0.39, 0.29) is 6.07 Å². The van der Waals surface area contributed by atoms with E-state index in [0.29, 0.717) is 6.07 Å². The van der Waals surface area contributed by atoms with Crippen molar-refractivity contribution >= 4 is 5.78 Å². The minimum atomic E-state index is -5.12. The van der Waals surface area contributed by atoms with Gasteiger partial charge in [-0.2, -0.15) is 22.0 Å². The first kappa shape index (κ1) is 14.3. The molecule has 2 nitrogen and oxygen atoms in total. The van der Waals surface area contributed by atoms with Crippen molar-refractivity contribution in [2.24, 2.45) is 0 Å². The molecule has 0 radical (unpaired) electrons. The van der Waals surface area contributed by atoms with Crippen molar-refractivity contribution in [3.05, 3.63) is 29.1 Å². The van der Waals surface area contributed by atoms with Gasteiger partial charge in [0, 0.05) is 5.56 Å². The quantitative estimate of drug-likeness (QED) is 0.620. The number of hydrogen-bond donors (Lipinski definition) is 0. The van der Waals surface area contributed by atoms with Crippen molar-refractivity contribution in [2.45, 2.75) is 19.7 Å². The highest BCUT2D eigenvalue weighted by Gasteiger charge is 2.36. The molecule has 0 heterocycles. The van der Waals surface area contributed by atoms with E-state index < -0.39 is 41.3 Å². The first-order valence-corrected chi connectivity index (χ1v) is 4.49. The Kier molecular flexibility index (Phi) is 3.88. The Labute approximate surface area is 97.2 Å². The van der Waals surface area contributed by atoms with Crippen LogP contribution < -0.4 is 4.74 Å². The normalized spacial score (nSPS) is 11.8.